The van der Waals surface area contributed by atoms with Crippen LogP contribution in [0.5, 0.6) is 11.5 Å². The molecule has 2 atom stereocenters. The van der Waals surface area contributed by atoms with Crippen molar-refractivity contribution >= 4 is 0 Å². The Hall–Kier alpha value is -2.82. The van der Waals surface area contributed by atoms with E-state index in [-0.39, 0.29) is 5.75 Å². The van der Waals surface area contributed by atoms with Crippen LogP contribution in [-0.2, 0) is 6.54 Å². The SMILES string of the molecule is COc1cccc(CN[C@@H]2C3CCN(CC3)[C@H]2C(c2ccccc2)c2ccccc2)c1O. The quantitative estimate of drug-likeness (QED) is 0.568. The molecule has 3 aromatic rings. The van der Waals surface area contributed by atoms with E-state index >= 15 is 0 Å². The minimum atomic E-state index is 0.239. The van der Waals surface area contributed by atoms with Crippen LogP contribution in [0.4, 0.5) is 0 Å². The highest BCUT2D eigenvalue weighted by Crippen LogP contribution is 2.42. The molecule has 3 heterocycles. The molecule has 0 unspecified atom stereocenters. The number of nitrogens with one attached hydrogen (secondary N) is 1. The predicted molar refractivity (Wildman–Crippen MR) is 128 cm³/mol. The summed E-state index contributed by atoms with van der Waals surface area (Å²) >= 11 is 0. The fourth-order valence-electron chi connectivity index (χ4n) is 5.80. The van der Waals surface area contributed by atoms with E-state index in [1.165, 1.54) is 24.0 Å². The van der Waals surface area contributed by atoms with Crippen molar-refractivity contribution in [2.75, 3.05) is 20.2 Å². The molecule has 0 spiro atoms. The van der Waals surface area contributed by atoms with E-state index in [9.17, 15) is 5.11 Å². The highest BCUT2D eigenvalue weighted by Gasteiger charge is 2.46. The number of ether oxygens (including phenoxy) is 1. The molecule has 0 radical (unpaired) electrons. The van der Waals surface area contributed by atoms with Gasteiger partial charge in [-0.25, -0.2) is 0 Å². The summed E-state index contributed by atoms with van der Waals surface area (Å²) in [5.74, 6) is 1.72. The molecular formula is C28H32N2O2. The standard InChI is InChI=1S/C28H32N2O2/c1-32-24-14-8-13-23(28(24)31)19-29-26-22-15-17-30(18-16-22)27(26)25(20-9-4-2-5-10-20)21-11-6-3-7-12-21/h2-14,22,25-27,29,31H,15-19H2,1H3/t26-,27+/m1/s1. The molecule has 0 aromatic heterocycles. The smallest absolute Gasteiger partial charge is 0.162 e. The lowest BCUT2D eigenvalue weighted by Crippen LogP contribution is -2.64. The predicted octanol–water partition coefficient (Wildman–Crippen LogP) is 4.79. The van der Waals surface area contributed by atoms with E-state index in [1.807, 2.05) is 12.1 Å². The normalized spacial score (nSPS) is 24.6. The van der Waals surface area contributed by atoms with Crippen LogP contribution >= 0.6 is 0 Å². The number of nitrogens with zero attached hydrogens (tertiary/aromatic N) is 1. The first-order valence-corrected chi connectivity index (χ1v) is 11.7. The van der Waals surface area contributed by atoms with Crippen LogP contribution < -0.4 is 10.1 Å². The zero-order chi connectivity index (χ0) is 21.9. The van der Waals surface area contributed by atoms with Crippen LogP contribution in [0.15, 0.2) is 78.9 Å². The van der Waals surface area contributed by atoms with Crippen molar-refractivity contribution in [3.05, 3.63) is 95.6 Å². The van der Waals surface area contributed by atoms with Crippen molar-refractivity contribution in [2.45, 2.75) is 37.4 Å². The molecule has 6 rings (SSSR count). The number of piperidine rings is 3. The lowest BCUT2D eigenvalue weighted by atomic mass is 9.70. The number of rotatable bonds is 7. The average molecular weight is 429 g/mol. The minimum absolute atomic E-state index is 0.239. The summed E-state index contributed by atoms with van der Waals surface area (Å²) in [5.41, 5.74) is 3.62. The molecule has 3 saturated heterocycles. The van der Waals surface area contributed by atoms with Crippen LogP contribution in [-0.4, -0.2) is 42.3 Å². The number of phenols is 1. The van der Waals surface area contributed by atoms with Gasteiger partial charge >= 0.3 is 0 Å². The van der Waals surface area contributed by atoms with Gasteiger partial charge < -0.3 is 15.2 Å². The number of para-hydroxylation sites is 1. The summed E-state index contributed by atoms with van der Waals surface area (Å²) in [7, 11) is 1.60. The Kier molecular flexibility index (Phi) is 6.15. The number of fused-ring (bicyclic) bond motifs is 3. The first-order chi connectivity index (χ1) is 15.8. The molecule has 3 fully saturated rings. The van der Waals surface area contributed by atoms with Gasteiger partial charge in [-0.3, -0.25) is 4.90 Å². The topological polar surface area (TPSA) is 44.7 Å². The minimum Gasteiger partial charge on any atom is -0.504 e. The van der Waals surface area contributed by atoms with E-state index in [0.29, 0.717) is 36.2 Å². The Balaban J connectivity index is 1.48. The van der Waals surface area contributed by atoms with Crippen molar-refractivity contribution in [1.29, 1.82) is 0 Å². The van der Waals surface area contributed by atoms with E-state index in [4.69, 9.17) is 4.74 Å². The first kappa shape index (κ1) is 21.0. The van der Waals surface area contributed by atoms with Crippen molar-refractivity contribution < 1.29 is 9.84 Å². The summed E-state index contributed by atoms with van der Waals surface area (Å²) in [6.07, 6.45) is 2.46. The van der Waals surface area contributed by atoms with Crippen molar-refractivity contribution in [3.8, 4) is 11.5 Å². The third kappa shape index (κ3) is 4.01. The molecule has 166 valence electrons. The number of hydrogen-bond acceptors (Lipinski definition) is 4. The third-order valence-electron chi connectivity index (χ3n) is 7.36. The van der Waals surface area contributed by atoms with Gasteiger partial charge in [-0.15, -0.1) is 0 Å². The Morgan fingerprint density at radius 1 is 0.906 bits per heavy atom. The maximum atomic E-state index is 10.6. The van der Waals surface area contributed by atoms with Gasteiger partial charge in [0.1, 0.15) is 0 Å². The highest BCUT2D eigenvalue weighted by atomic mass is 16.5. The summed E-state index contributed by atoms with van der Waals surface area (Å²) in [6.45, 7) is 2.95. The number of methoxy groups -OCH3 is 1. The van der Waals surface area contributed by atoms with Gasteiger partial charge in [0, 0.05) is 30.1 Å². The molecule has 4 nitrogen and oxygen atoms in total. The molecular weight excluding hydrogens is 396 g/mol. The summed E-state index contributed by atoms with van der Waals surface area (Å²) in [6, 6.07) is 28.3. The van der Waals surface area contributed by atoms with Gasteiger partial charge in [0.15, 0.2) is 11.5 Å². The molecule has 0 amide bonds. The Morgan fingerprint density at radius 2 is 1.53 bits per heavy atom. The van der Waals surface area contributed by atoms with Gasteiger partial charge in [-0.2, -0.15) is 0 Å². The first-order valence-electron chi connectivity index (χ1n) is 11.7. The highest BCUT2D eigenvalue weighted by molar-refractivity contribution is 5.45. The summed E-state index contributed by atoms with van der Waals surface area (Å²) in [4.78, 5) is 2.69. The Morgan fingerprint density at radius 3 is 2.12 bits per heavy atom. The molecule has 2 bridgehead atoms. The zero-order valence-electron chi connectivity index (χ0n) is 18.7. The van der Waals surface area contributed by atoms with E-state index in [1.54, 1.807) is 13.2 Å². The number of benzene rings is 3. The molecule has 0 saturated carbocycles. The zero-order valence-corrected chi connectivity index (χ0v) is 18.7. The van der Waals surface area contributed by atoms with Gasteiger partial charge in [0.2, 0.25) is 0 Å². The van der Waals surface area contributed by atoms with E-state index in [2.05, 4.69) is 70.9 Å². The van der Waals surface area contributed by atoms with Gasteiger partial charge in [-0.1, -0.05) is 72.8 Å². The largest absolute Gasteiger partial charge is 0.504 e. The molecule has 4 heteroatoms. The number of hydrogen-bond donors (Lipinski definition) is 2. The van der Waals surface area contributed by atoms with Crippen molar-refractivity contribution in [3.63, 3.8) is 0 Å². The van der Waals surface area contributed by atoms with Crippen molar-refractivity contribution in [2.24, 2.45) is 5.92 Å². The average Bonchev–Trinajstić information content (AvgIpc) is 2.86. The summed E-state index contributed by atoms with van der Waals surface area (Å²) < 4.78 is 5.32. The second-order valence-corrected chi connectivity index (χ2v) is 9.04. The van der Waals surface area contributed by atoms with Gasteiger partial charge in [0.25, 0.3) is 0 Å². The molecule has 32 heavy (non-hydrogen) atoms. The van der Waals surface area contributed by atoms with Crippen molar-refractivity contribution in [1.82, 2.24) is 10.2 Å². The van der Waals surface area contributed by atoms with Crippen LogP contribution in [0, 0.1) is 5.92 Å². The maximum Gasteiger partial charge on any atom is 0.162 e. The fourth-order valence-corrected chi connectivity index (χ4v) is 5.80. The van der Waals surface area contributed by atoms with Crippen LogP contribution in [0.25, 0.3) is 0 Å². The lowest BCUT2D eigenvalue weighted by Gasteiger charge is -2.54. The number of aromatic hydroxyl groups is 1. The molecule has 0 aliphatic carbocycles. The van der Waals surface area contributed by atoms with E-state index < -0.39 is 0 Å². The molecule has 3 aliphatic rings. The second-order valence-electron chi connectivity index (χ2n) is 9.04. The molecule has 3 aromatic carbocycles. The third-order valence-corrected chi connectivity index (χ3v) is 7.36. The Labute approximate surface area is 190 Å². The molecule has 2 N–H and O–H groups in total. The van der Waals surface area contributed by atoms with Gasteiger partial charge in [-0.05, 0) is 49.0 Å². The maximum absolute atomic E-state index is 10.6. The summed E-state index contributed by atoms with van der Waals surface area (Å²) in [5, 5.41) is 14.5. The van der Waals surface area contributed by atoms with Gasteiger partial charge in [0.05, 0.1) is 7.11 Å². The second kappa shape index (κ2) is 9.35. The Bertz CT molecular complexity index is 977. The fraction of sp³-hybridized carbons (Fsp3) is 0.357. The lowest BCUT2D eigenvalue weighted by molar-refractivity contribution is 0.00461. The van der Waals surface area contributed by atoms with Crippen LogP contribution in [0.2, 0.25) is 0 Å². The molecule has 3 aliphatic heterocycles. The van der Waals surface area contributed by atoms with Crippen LogP contribution in [0.3, 0.4) is 0 Å². The van der Waals surface area contributed by atoms with Crippen LogP contribution in [0.1, 0.15) is 35.4 Å². The monoisotopic (exact) mass is 428 g/mol. The number of phenolic OH excluding ortho intramolecular Hbond substituents is 1. The van der Waals surface area contributed by atoms with E-state index in [0.717, 1.165) is 18.7 Å².